The van der Waals surface area contributed by atoms with Crippen molar-refractivity contribution in [2.75, 3.05) is 25.0 Å². The van der Waals surface area contributed by atoms with Crippen LogP contribution in [-0.4, -0.2) is 25.3 Å². The Bertz CT molecular complexity index is 351. The van der Waals surface area contributed by atoms with Crippen LogP contribution in [0.25, 0.3) is 0 Å². The molecule has 88 valence electrons. The molecule has 0 bridgehead atoms. The van der Waals surface area contributed by atoms with Gasteiger partial charge in [0.2, 0.25) is 0 Å². The highest BCUT2D eigenvalue weighted by Gasteiger charge is 2.31. The van der Waals surface area contributed by atoms with Crippen molar-refractivity contribution in [3.05, 3.63) is 28.7 Å². The van der Waals surface area contributed by atoms with Crippen molar-refractivity contribution in [2.24, 2.45) is 0 Å². The molecule has 1 fully saturated rings. The normalized spacial score (nSPS) is 25.4. The van der Waals surface area contributed by atoms with Gasteiger partial charge in [0.15, 0.2) is 0 Å². The summed E-state index contributed by atoms with van der Waals surface area (Å²) in [6.07, 6.45) is 1.55. The van der Waals surface area contributed by atoms with Gasteiger partial charge in [-0.2, -0.15) is 0 Å². The second kappa shape index (κ2) is 5.15. The van der Waals surface area contributed by atoms with E-state index in [1.807, 2.05) is 24.3 Å². The SMILES string of the molecule is FC1(CNc2ccccc2Br)CCCNC1. The molecular formula is C12H16BrFN2. The van der Waals surface area contributed by atoms with Crippen LogP contribution in [0.1, 0.15) is 12.8 Å². The monoisotopic (exact) mass is 286 g/mol. The zero-order valence-electron chi connectivity index (χ0n) is 9.10. The number of rotatable bonds is 3. The second-order valence-corrected chi connectivity index (χ2v) is 5.12. The molecule has 1 aliphatic rings. The number of nitrogens with one attached hydrogen (secondary N) is 2. The lowest BCUT2D eigenvalue weighted by molar-refractivity contribution is 0.137. The molecule has 1 heterocycles. The van der Waals surface area contributed by atoms with Crippen LogP contribution in [0.2, 0.25) is 0 Å². The van der Waals surface area contributed by atoms with Gasteiger partial charge in [0, 0.05) is 16.7 Å². The van der Waals surface area contributed by atoms with Gasteiger partial charge in [0.25, 0.3) is 0 Å². The quantitative estimate of drug-likeness (QED) is 0.893. The van der Waals surface area contributed by atoms with E-state index in [-0.39, 0.29) is 0 Å². The molecule has 2 nitrogen and oxygen atoms in total. The molecule has 1 atom stereocenters. The molecule has 1 aromatic rings. The third-order valence-corrected chi connectivity index (χ3v) is 3.58. The highest BCUT2D eigenvalue weighted by Crippen LogP contribution is 2.25. The fourth-order valence-electron chi connectivity index (χ4n) is 1.94. The summed E-state index contributed by atoms with van der Waals surface area (Å²) in [7, 11) is 0. The Morgan fingerprint density at radius 1 is 1.44 bits per heavy atom. The Hall–Kier alpha value is -0.610. The minimum Gasteiger partial charge on any atom is -0.381 e. The first-order valence-electron chi connectivity index (χ1n) is 5.58. The molecule has 0 aliphatic carbocycles. The Balaban J connectivity index is 1.94. The molecule has 0 radical (unpaired) electrons. The second-order valence-electron chi connectivity index (χ2n) is 4.26. The first-order valence-corrected chi connectivity index (χ1v) is 6.37. The number of piperidine rings is 1. The standard InChI is InChI=1S/C12H16BrFN2/c13-10-4-1-2-5-11(10)16-9-12(14)6-3-7-15-8-12/h1-2,4-5,15-16H,3,6-9H2. The van der Waals surface area contributed by atoms with E-state index in [1.165, 1.54) is 0 Å². The number of alkyl halides is 1. The van der Waals surface area contributed by atoms with E-state index in [2.05, 4.69) is 26.6 Å². The summed E-state index contributed by atoms with van der Waals surface area (Å²) in [4.78, 5) is 0. The molecule has 4 heteroatoms. The number of benzene rings is 1. The van der Waals surface area contributed by atoms with Crippen LogP contribution in [0.15, 0.2) is 28.7 Å². The molecule has 2 N–H and O–H groups in total. The summed E-state index contributed by atoms with van der Waals surface area (Å²) < 4.78 is 15.2. The van der Waals surface area contributed by atoms with Crippen molar-refractivity contribution in [3.8, 4) is 0 Å². The van der Waals surface area contributed by atoms with Crippen LogP contribution >= 0.6 is 15.9 Å². The summed E-state index contributed by atoms with van der Waals surface area (Å²) in [6.45, 7) is 1.74. The lowest BCUT2D eigenvalue weighted by Crippen LogP contribution is -2.46. The Labute approximate surface area is 104 Å². The molecule has 1 unspecified atom stereocenters. The zero-order chi connectivity index (χ0) is 11.4. The van der Waals surface area contributed by atoms with E-state index >= 15 is 0 Å². The van der Waals surface area contributed by atoms with E-state index in [0.29, 0.717) is 19.5 Å². The number of hydrogen-bond acceptors (Lipinski definition) is 2. The molecule has 0 saturated carbocycles. The molecule has 1 saturated heterocycles. The molecule has 0 amide bonds. The van der Waals surface area contributed by atoms with Crippen molar-refractivity contribution in [1.82, 2.24) is 5.32 Å². The molecule has 0 spiro atoms. The molecular weight excluding hydrogens is 271 g/mol. The van der Waals surface area contributed by atoms with E-state index < -0.39 is 5.67 Å². The molecule has 16 heavy (non-hydrogen) atoms. The maximum absolute atomic E-state index is 14.2. The van der Waals surface area contributed by atoms with E-state index in [9.17, 15) is 4.39 Å². The smallest absolute Gasteiger partial charge is 0.140 e. The van der Waals surface area contributed by atoms with Gasteiger partial charge in [0.05, 0.1) is 6.54 Å². The fourth-order valence-corrected chi connectivity index (χ4v) is 2.37. The van der Waals surface area contributed by atoms with Crippen LogP contribution in [0.3, 0.4) is 0 Å². The average Bonchev–Trinajstić information content (AvgIpc) is 2.29. The van der Waals surface area contributed by atoms with Crippen molar-refractivity contribution in [1.29, 1.82) is 0 Å². The minimum absolute atomic E-state index is 0.364. The van der Waals surface area contributed by atoms with E-state index in [4.69, 9.17) is 0 Å². The maximum Gasteiger partial charge on any atom is 0.140 e. The van der Waals surface area contributed by atoms with E-state index in [0.717, 1.165) is 23.1 Å². The maximum atomic E-state index is 14.2. The van der Waals surface area contributed by atoms with Crippen LogP contribution in [0.5, 0.6) is 0 Å². The predicted octanol–water partition coefficient (Wildman–Crippen LogP) is 2.95. The zero-order valence-corrected chi connectivity index (χ0v) is 10.7. The van der Waals surface area contributed by atoms with Gasteiger partial charge in [-0.3, -0.25) is 0 Å². The Kier molecular flexibility index (Phi) is 3.82. The van der Waals surface area contributed by atoms with Gasteiger partial charge in [0.1, 0.15) is 5.67 Å². The first kappa shape index (κ1) is 11.9. The average molecular weight is 287 g/mol. The van der Waals surface area contributed by atoms with Gasteiger partial charge < -0.3 is 10.6 Å². The minimum atomic E-state index is -1.12. The molecule has 2 rings (SSSR count). The summed E-state index contributed by atoms with van der Waals surface area (Å²) in [5.74, 6) is 0. The van der Waals surface area contributed by atoms with Crippen LogP contribution in [-0.2, 0) is 0 Å². The number of anilines is 1. The molecule has 0 aromatic heterocycles. The molecule has 1 aliphatic heterocycles. The lowest BCUT2D eigenvalue weighted by atomic mass is 9.96. The van der Waals surface area contributed by atoms with Gasteiger partial charge >= 0.3 is 0 Å². The summed E-state index contributed by atoms with van der Waals surface area (Å²) >= 11 is 3.44. The van der Waals surface area contributed by atoms with Crippen LogP contribution in [0.4, 0.5) is 10.1 Å². The molecule has 1 aromatic carbocycles. The third kappa shape index (κ3) is 2.95. The Morgan fingerprint density at radius 3 is 2.94 bits per heavy atom. The number of hydrogen-bond donors (Lipinski definition) is 2. The lowest BCUT2D eigenvalue weighted by Gasteiger charge is -2.30. The summed E-state index contributed by atoms with van der Waals surface area (Å²) in [5.41, 5.74) is -0.168. The fraction of sp³-hybridized carbons (Fsp3) is 0.500. The van der Waals surface area contributed by atoms with Crippen molar-refractivity contribution < 1.29 is 4.39 Å². The van der Waals surface area contributed by atoms with Crippen LogP contribution in [0, 0.1) is 0 Å². The summed E-state index contributed by atoms with van der Waals surface area (Å²) in [6, 6.07) is 7.79. The first-order chi connectivity index (χ1) is 7.70. The van der Waals surface area contributed by atoms with E-state index in [1.54, 1.807) is 0 Å². The number of para-hydroxylation sites is 1. The van der Waals surface area contributed by atoms with Crippen molar-refractivity contribution in [3.63, 3.8) is 0 Å². The van der Waals surface area contributed by atoms with Gasteiger partial charge in [-0.15, -0.1) is 0 Å². The van der Waals surface area contributed by atoms with Gasteiger partial charge in [-0.05, 0) is 47.4 Å². The van der Waals surface area contributed by atoms with Crippen molar-refractivity contribution in [2.45, 2.75) is 18.5 Å². The largest absolute Gasteiger partial charge is 0.381 e. The third-order valence-electron chi connectivity index (χ3n) is 2.89. The van der Waals surface area contributed by atoms with Gasteiger partial charge in [-0.25, -0.2) is 4.39 Å². The van der Waals surface area contributed by atoms with Crippen LogP contribution < -0.4 is 10.6 Å². The predicted molar refractivity (Wildman–Crippen MR) is 68.6 cm³/mol. The highest BCUT2D eigenvalue weighted by molar-refractivity contribution is 9.10. The van der Waals surface area contributed by atoms with Gasteiger partial charge in [-0.1, -0.05) is 12.1 Å². The topological polar surface area (TPSA) is 24.1 Å². The highest BCUT2D eigenvalue weighted by atomic mass is 79.9. The van der Waals surface area contributed by atoms with Crippen molar-refractivity contribution >= 4 is 21.6 Å². The number of halogens is 2. The summed E-state index contributed by atoms with van der Waals surface area (Å²) in [5, 5.41) is 6.26. The Morgan fingerprint density at radius 2 is 2.25 bits per heavy atom.